The first-order valence-electron chi connectivity index (χ1n) is 5.96. The number of aromatic nitrogens is 2. The van der Waals surface area contributed by atoms with E-state index in [1.807, 2.05) is 13.0 Å². The number of anilines is 1. The van der Waals surface area contributed by atoms with Crippen molar-refractivity contribution in [1.82, 2.24) is 15.1 Å². The first kappa shape index (κ1) is 11.3. The lowest BCUT2D eigenvalue weighted by molar-refractivity contribution is 0.217. The Bertz CT molecular complexity index is 340. The maximum Gasteiger partial charge on any atom is 0.148 e. The summed E-state index contributed by atoms with van der Waals surface area (Å²) < 4.78 is 0. The molecule has 2 rings (SSSR count). The summed E-state index contributed by atoms with van der Waals surface area (Å²) in [7, 11) is 2.19. The van der Waals surface area contributed by atoms with Crippen LogP contribution >= 0.6 is 0 Å². The molecule has 0 bridgehead atoms. The van der Waals surface area contributed by atoms with Crippen molar-refractivity contribution in [3.63, 3.8) is 0 Å². The van der Waals surface area contributed by atoms with E-state index in [1.54, 1.807) is 6.20 Å². The summed E-state index contributed by atoms with van der Waals surface area (Å²) in [6, 6.07) is 2.04. The van der Waals surface area contributed by atoms with E-state index in [0.29, 0.717) is 0 Å². The Hall–Kier alpha value is -1.16. The molecule has 4 nitrogen and oxygen atoms in total. The standard InChI is InChI=1S/C12H20N4/c1-10-6-12(15-14-7-10)13-8-11-4-3-5-16(2)9-11/h6-7,11H,3-5,8-9H2,1-2H3,(H,13,15). The fraction of sp³-hybridized carbons (Fsp3) is 0.667. The molecular weight excluding hydrogens is 200 g/mol. The molecule has 16 heavy (non-hydrogen) atoms. The fourth-order valence-corrected chi connectivity index (χ4v) is 2.24. The second-order valence-corrected chi connectivity index (χ2v) is 4.77. The molecule has 1 unspecified atom stereocenters. The van der Waals surface area contributed by atoms with Crippen LogP contribution in [0, 0.1) is 12.8 Å². The summed E-state index contributed by atoms with van der Waals surface area (Å²) in [5.41, 5.74) is 1.15. The highest BCUT2D eigenvalue weighted by Crippen LogP contribution is 2.15. The van der Waals surface area contributed by atoms with Crippen LogP contribution in [0.3, 0.4) is 0 Å². The van der Waals surface area contributed by atoms with Crippen molar-refractivity contribution >= 4 is 5.82 Å². The summed E-state index contributed by atoms with van der Waals surface area (Å²) in [6.45, 7) is 5.46. The van der Waals surface area contributed by atoms with Crippen LogP contribution in [0.1, 0.15) is 18.4 Å². The molecule has 1 saturated heterocycles. The van der Waals surface area contributed by atoms with Crippen LogP contribution in [0.25, 0.3) is 0 Å². The van der Waals surface area contributed by atoms with Gasteiger partial charge in [-0.15, -0.1) is 5.10 Å². The monoisotopic (exact) mass is 220 g/mol. The maximum atomic E-state index is 4.07. The molecule has 2 heterocycles. The minimum absolute atomic E-state index is 0.737. The molecule has 0 aromatic carbocycles. The Morgan fingerprint density at radius 2 is 2.44 bits per heavy atom. The number of nitrogens with one attached hydrogen (secondary N) is 1. The second-order valence-electron chi connectivity index (χ2n) is 4.77. The van der Waals surface area contributed by atoms with Crippen molar-refractivity contribution < 1.29 is 0 Å². The summed E-state index contributed by atoms with van der Waals surface area (Å²) in [6.07, 6.45) is 4.40. The zero-order chi connectivity index (χ0) is 11.4. The van der Waals surface area contributed by atoms with Crippen LogP contribution in [0.2, 0.25) is 0 Å². The van der Waals surface area contributed by atoms with Crippen molar-refractivity contribution in [3.05, 3.63) is 17.8 Å². The van der Waals surface area contributed by atoms with Gasteiger partial charge in [0.25, 0.3) is 0 Å². The van der Waals surface area contributed by atoms with Gasteiger partial charge < -0.3 is 10.2 Å². The molecule has 1 atom stereocenters. The smallest absolute Gasteiger partial charge is 0.148 e. The van der Waals surface area contributed by atoms with Crippen LogP contribution in [-0.2, 0) is 0 Å². The first-order chi connectivity index (χ1) is 7.74. The zero-order valence-electron chi connectivity index (χ0n) is 10.1. The van der Waals surface area contributed by atoms with E-state index in [2.05, 4.69) is 27.5 Å². The van der Waals surface area contributed by atoms with Gasteiger partial charge in [-0.1, -0.05) is 0 Å². The molecule has 1 aliphatic rings. The predicted molar refractivity (Wildman–Crippen MR) is 65.5 cm³/mol. The highest BCUT2D eigenvalue weighted by Gasteiger charge is 2.16. The molecule has 88 valence electrons. The molecule has 1 fully saturated rings. The Morgan fingerprint density at radius 1 is 1.56 bits per heavy atom. The Kier molecular flexibility index (Phi) is 3.72. The molecule has 1 aromatic heterocycles. The highest BCUT2D eigenvalue weighted by atomic mass is 15.2. The van der Waals surface area contributed by atoms with Crippen LogP contribution in [0.4, 0.5) is 5.82 Å². The van der Waals surface area contributed by atoms with Gasteiger partial charge in [0, 0.05) is 13.1 Å². The Morgan fingerprint density at radius 3 is 3.19 bits per heavy atom. The quantitative estimate of drug-likeness (QED) is 0.839. The van der Waals surface area contributed by atoms with E-state index in [1.165, 1.54) is 25.9 Å². The van der Waals surface area contributed by atoms with E-state index >= 15 is 0 Å². The van der Waals surface area contributed by atoms with E-state index < -0.39 is 0 Å². The minimum Gasteiger partial charge on any atom is -0.368 e. The number of hydrogen-bond donors (Lipinski definition) is 1. The Labute approximate surface area is 97.1 Å². The van der Waals surface area contributed by atoms with E-state index in [4.69, 9.17) is 0 Å². The van der Waals surface area contributed by atoms with Gasteiger partial charge >= 0.3 is 0 Å². The van der Waals surface area contributed by atoms with Gasteiger partial charge in [-0.2, -0.15) is 5.10 Å². The molecule has 0 radical (unpaired) electrons. The van der Waals surface area contributed by atoms with Crippen molar-refractivity contribution in [2.45, 2.75) is 19.8 Å². The molecule has 1 N–H and O–H groups in total. The zero-order valence-corrected chi connectivity index (χ0v) is 10.1. The van der Waals surface area contributed by atoms with Gasteiger partial charge in [0.05, 0.1) is 6.20 Å². The van der Waals surface area contributed by atoms with E-state index in [0.717, 1.165) is 23.8 Å². The fourth-order valence-electron chi connectivity index (χ4n) is 2.24. The average Bonchev–Trinajstić information content (AvgIpc) is 2.27. The summed E-state index contributed by atoms with van der Waals surface area (Å²) in [5, 5.41) is 11.4. The SMILES string of the molecule is Cc1cnnc(NCC2CCCN(C)C2)c1. The number of aryl methyl sites for hydroxylation is 1. The van der Waals surface area contributed by atoms with Gasteiger partial charge in [-0.05, 0) is 50.9 Å². The molecule has 0 amide bonds. The predicted octanol–water partition coefficient (Wildman–Crippen LogP) is 1.54. The molecule has 4 heteroatoms. The summed E-state index contributed by atoms with van der Waals surface area (Å²) in [4.78, 5) is 2.40. The van der Waals surface area contributed by atoms with Crippen molar-refractivity contribution in [2.75, 3.05) is 32.0 Å². The third-order valence-electron chi connectivity index (χ3n) is 3.09. The number of rotatable bonds is 3. The normalized spacial score (nSPS) is 22.0. The van der Waals surface area contributed by atoms with E-state index in [9.17, 15) is 0 Å². The van der Waals surface area contributed by atoms with Crippen LogP contribution in [-0.4, -0.2) is 41.8 Å². The van der Waals surface area contributed by atoms with Gasteiger partial charge in [0.2, 0.25) is 0 Å². The van der Waals surface area contributed by atoms with Crippen LogP contribution in [0.15, 0.2) is 12.3 Å². The molecule has 1 aromatic rings. The lowest BCUT2D eigenvalue weighted by Gasteiger charge is -2.29. The summed E-state index contributed by atoms with van der Waals surface area (Å²) >= 11 is 0. The number of piperidine rings is 1. The lowest BCUT2D eigenvalue weighted by atomic mass is 9.98. The Balaban J connectivity index is 1.82. The van der Waals surface area contributed by atoms with Gasteiger partial charge in [-0.3, -0.25) is 0 Å². The van der Waals surface area contributed by atoms with Gasteiger partial charge in [-0.25, -0.2) is 0 Å². The third kappa shape index (κ3) is 3.17. The average molecular weight is 220 g/mol. The third-order valence-corrected chi connectivity index (χ3v) is 3.09. The molecule has 1 aliphatic heterocycles. The van der Waals surface area contributed by atoms with Crippen LogP contribution in [0.5, 0.6) is 0 Å². The van der Waals surface area contributed by atoms with Gasteiger partial charge in [0.1, 0.15) is 5.82 Å². The second kappa shape index (κ2) is 5.25. The van der Waals surface area contributed by atoms with E-state index in [-0.39, 0.29) is 0 Å². The van der Waals surface area contributed by atoms with Crippen molar-refractivity contribution in [2.24, 2.45) is 5.92 Å². The largest absolute Gasteiger partial charge is 0.368 e. The molecule has 0 saturated carbocycles. The molecular formula is C12H20N4. The lowest BCUT2D eigenvalue weighted by Crippen LogP contribution is -2.35. The topological polar surface area (TPSA) is 41.1 Å². The molecule has 0 spiro atoms. The first-order valence-corrected chi connectivity index (χ1v) is 5.96. The minimum atomic E-state index is 0.737. The number of hydrogen-bond acceptors (Lipinski definition) is 4. The molecule has 0 aliphatic carbocycles. The van der Waals surface area contributed by atoms with Crippen molar-refractivity contribution in [3.8, 4) is 0 Å². The van der Waals surface area contributed by atoms with Crippen molar-refractivity contribution in [1.29, 1.82) is 0 Å². The van der Waals surface area contributed by atoms with Crippen LogP contribution < -0.4 is 5.32 Å². The number of nitrogens with zero attached hydrogens (tertiary/aromatic N) is 3. The highest BCUT2D eigenvalue weighted by molar-refractivity contribution is 5.34. The summed E-state index contributed by atoms with van der Waals surface area (Å²) in [5.74, 6) is 1.63. The maximum absolute atomic E-state index is 4.07. The number of likely N-dealkylation sites (tertiary alicyclic amines) is 1. The van der Waals surface area contributed by atoms with Gasteiger partial charge in [0.15, 0.2) is 0 Å².